The van der Waals surface area contributed by atoms with E-state index in [0.29, 0.717) is 18.9 Å². The Balaban J connectivity index is 1.62. The van der Waals surface area contributed by atoms with Crippen molar-refractivity contribution in [2.45, 2.75) is 39.2 Å². The molecule has 21 heavy (non-hydrogen) atoms. The summed E-state index contributed by atoms with van der Waals surface area (Å²) in [4.78, 5) is 11.9. The van der Waals surface area contributed by atoms with E-state index in [-0.39, 0.29) is 11.9 Å². The average molecular weight is 290 g/mol. The van der Waals surface area contributed by atoms with Crippen molar-refractivity contribution in [1.82, 2.24) is 10.6 Å². The van der Waals surface area contributed by atoms with Gasteiger partial charge in [0.15, 0.2) is 0 Å². The molecular formula is C17H26N2O2. The first kappa shape index (κ1) is 15.8. The minimum atomic E-state index is 0.0282. The average Bonchev–Trinajstić information content (AvgIpc) is 2.98. The number of ether oxygens (including phenoxy) is 1. The first-order valence-corrected chi connectivity index (χ1v) is 7.83. The molecule has 1 fully saturated rings. The van der Waals surface area contributed by atoms with Crippen molar-refractivity contribution in [1.29, 1.82) is 0 Å². The lowest BCUT2D eigenvalue weighted by Gasteiger charge is -2.16. The number of carbonyl (C=O) groups is 1. The van der Waals surface area contributed by atoms with Gasteiger partial charge in [0.1, 0.15) is 12.4 Å². The number of aryl methyl sites for hydroxylation is 1. The molecule has 2 rings (SSSR count). The number of carbonyl (C=O) groups excluding carboxylic acids is 1. The van der Waals surface area contributed by atoms with Gasteiger partial charge in [-0.05, 0) is 57.8 Å². The summed E-state index contributed by atoms with van der Waals surface area (Å²) in [6.07, 6.45) is 2.78. The fourth-order valence-corrected chi connectivity index (χ4v) is 2.54. The molecule has 1 amide bonds. The normalized spacial score (nSPS) is 19.2. The second-order valence-corrected chi connectivity index (χ2v) is 5.99. The summed E-state index contributed by atoms with van der Waals surface area (Å²) < 4.78 is 5.68. The van der Waals surface area contributed by atoms with Crippen LogP contribution in [-0.2, 0) is 4.79 Å². The summed E-state index contributed by atoms with van der Waals surface area (Å²) in [5.41, 5.74) is 1.21. The van der Waals surface area contributed by atoms with E-state index < -0.39 is 0 Å². The number of hydrogen-bond acceptors (Lipinski definition) is 3. The highest BCUT2D eigenvalue weighted by atomic mass is 16.5. The summed E-state index contributed by atoms with van der Waals surface area (Å²) in [5.74, 6) is 1.63. The van der Waals surface area contributed by atoms with Crippen LogP contribution in [-0.4, -0.2) is 31.6 Å². The Bertz CT molecular complexity index is 439. The fourth-order valence-electron chi connectivity index (χ4n) is 2.54. The van der Waals surface area contributed by atoms with Gasteiger partial charge in [0.25, 0.3) is 0 Å². The molecule has 1 saturated heterocycles. The Kier molecular flexibility index (Phi) is 6.05. The third-order valence-corrected chi connectivity index (χ3v) is 3.87. The zero-order valence-corrected chi connectivity index (χ0v) is 13.0. The van der Waals surface area contributed by atoms with Crippen LogP contribution in [0, 0.1) is 12.8 Å². The largest absolute Gasteiger partial charge is 0.491 e. The molecule has 2 unspecified atom stereocenters. The highest BCUT2D eigenvalue weighted by Crippen LogP contribution is 2.14. The van der Waals surface area contributed by atoms with Crippen LogP contribution in [0.3, 0.4) is 0 Å². The van der Waals surface area contributed by atoms with E-state index in [4.69, 9.17) is 4.74 Å². The van der Waals surface area contributed by atoms with Crippen molar-refractivity contribution in [3.63, 3.8) is 0 Å². The van der Waals surface area contributed by atoms with Crippen LogP contribution in [0.2, 0.25) is 0 Å². The fraction of sp³-hybridized carbons (Fsp3) is 0.588. The van der Waals surface area contributed by atoms with Gasteiger partial charge >= 0.3 is 0 Å². The molecule has 2 atom stereocenters. The molecule has 1 heterocycles. The Hall–Kier alpha value is -1.55. The van der Waals surface area contributed by atoms with Gasteiger partial charge in [0.2, 0.25) is 5.91 Å². The van der Waals surface area contributed by atoms with Crippen molar-refractivity contribution in [3.8, 4) is 5.75 Å². The maximum atomic E-state index is 11.9. The van der Waals surface area contributed by atoms with Crippen LogP contribution in [0.25, 0.3) is 0 Å². The maximum Gasteiger partial charge on any atom is 0.220 e. The summed E-state index contributed by atoms with van der Waals surface area (Å²) in [7, 11) is 0. The summed E-state index contributed by atoms with van der Waals surface area (Å²) >= 11 is 0. The Labute approximate surface area is 127 Å². The van der Waals surface area contributed by atoms with Gasteiger partial charge in [-0.2, -0.15) is 0 Å². The zero-order chi connectivity index (χ0) is 15.1. The standard InChI is InChI=1S/C17H26N2O2/c1-13-3-6-16(7-4-13)21-12-14(2)19-17(20)8-5-15-9-10-18-11-15/h3-4,6-7,14-15,18H,5,8-12H2,1-2H3,(H,19,20). The molecule has 0 aliphatic carbocycles. The number of rotatable bonds is 7. The van der Waals surface area contributed by atoms with Crippen LogP contribution in [0.4, 0.5) is 0 Å². The third-order valence-electron chi connectivity index (χ3n) is 3.87. The van der Waals surface area contributed by atoms with Gasteiger partial charge in [0.05, 0.1) is 6.04 Å². The van der Waals surface area contributed by atoms with E-state index in [9.17, 15) is 4.79 Å². The van der Waals surface area contributed by atoms with E-state index in [1.54, 1.807) is 0 Å². The molecule has 116 valence electrons. The zero-order valence-electron chi connectivity index (χ0n) is 13.0. The van der Waals surface area contributed by atoms with Crippen LogP contribution in [0.5, 0.6) is 5.75 Å². The van der Waals surface area contributed by atoms with Gasteiger partial charge in [-0.3, -0.25) is 4.79 Å². The van der Waals surface area contributed by atoms with Crippen molar-refractivity contribution in [2.24, 2.45) is 5.92 Å². The summed E-state index contributed by atoms with van der Waals surface area (Å²) in [5, 5.41) is 6.33. The molecule has 0 bridgehead atoms. The monoisotopic (exact) mass is 290 g/mol. The Morgan fingerprint density at radius 1 is 1.43 bits per heavy atom. The smallest absolute Gasteiger partial charge is 0.220 e. The van der Waals surface area contributed by atoms with Gasteiger partial charge in [-0.15, -0.1) is 0 Å². The maximum absolute atomic E-state index is 11.9. The molecule has 4 heteroatoms. The van der Waals surface area contributed by atoms with Crippen LogP contribution in [0.15, 0.2) is 24.3 Å². The number of hydrogen-bond donors (Lipinski definition) is 2. The third kappa shape index (κ3) is 5.76. The second-order valence-electron chi connectivity index (χ2n) is 5.99. The molecule has 1 aliphatic rings. The van der Waals surface area contributed by atoms with Crippen molar-refractivity contribution < 1.29 is 9.53 Å². The molecule has 4 nitrogen and oxygen atoms in total. The highest BCUT2D eigenvalue weighted by molar-refractivity contribution is 5.76. The van der Waals surface area contributed by atoms with Crippen LogP contribution < -0.4 is 15.4 Å². The van der Waals surface area contributed by atoms with E-state index in [1.807, 2.05) is 38.1 Å². The van der Waals surface area contributed by atoms with Gasteiger partial charge < -0.3 is 15.4 Å². The van der Waals surface area contributed by atoms with Crippen LogP contribution >= 0.6 is 0 Å². The molecule has 1 aromatic carbocycles. The quantitative estimate of drug-likeness (QED) is 0.810. The molecule has 0 saturated carbocycles. The van der Waals surface area contributed by atoms with E-state index >= 15 is 0 Å². The Morgan fingerprint density at radius 2 is 2.19 bits per heavy atom. The van der Waals surface area contributed by atoms with E-state index in [0.717, 1.165) is 25.3 Å². The predicted molar refractivity (Wildman–Crippen MR) is 84.5 cm³/mol. The SMILES string of the molecule is Cc1ccc(OCC(C)NC(=O)CCC2CCNC2)cc1. The van der Waals surface area contributed by atoms with Crippen molar-refractivity contribution >= 4 is 5.91 Å². The second kappa shape index (κ2) is 8.03. The lowest BCUT2D eigenvalue weighted by molar-refractivity contribution is -0.122. The number of benzene rings is 1. The van der Waals surface area contributed by atoms with Gasteiger partial charge in [-0.25, -0.2) is 0 Å². The minimum Gasteiger partial charge on any atom is -0.491 e. The molecule has 2 N–H and O–H groups in total. The molecule has 0 aromatic heterocycles. The van der Waals surface area contributed by atoms with Crippen molar-refractivity contribution in [2.75, 3.05) is 19.7 Å². The molecule has 0 spiro atoms. The first-order valence-electron chi connectivity index (χ1n) is 7.83. The summed E-state index contributed by atoms with van der Waals surface area (Å²) in [6.45, 7) is 6.67. The highest BCUT2D eigenvalue weighted by Gasteiger charge is 2.16. The number of nitrogens with one attached hydrogen (secondary N) is 2. The number of amides is 1. The molecular weight excluding hydrogens is 264 g/mol. The van der Waals surface area contributed by atoms with Gasteiger partial charge in [-0.1, -0.05) is 17.7 Å². The predicted octanol–water partition coefficient (Wildman–Crippen LogP) is 2.27. The first-order chi connectivity index (χ1) is 10.1. The van der Waals surface area contributed by atoms with Crippen molar-refractivity contribution in [3.05, 3.63) is 29.8 Å². The lowest BCUT2D eigenvalue weighted by Crippen LogP contribution is -2.36. The topological polar surface area (TPSA) is 50.4 Å². The lowest BCUT2D eigenvalue weighted by atomic mass is 10.0. The van der Waals surface area contributed by atoms with E-state index in [2.05, 4.69) is 10.6 Å². The minimum absolute atomic E-state index is 0.0282. The van der Waals surface area contributed by atoms with E-state index in [1.165, 1.54) is 12.0 Å². The summed E-state index contributed by atoms with van der Waals surface area (Å²) in [6, 6.07) is 7.98. The molecule has 0 radical (unpaired) electrons. The Morgan fingerprint density at radius 3 is 2.86 bits per heavy atom. The molecule has 1 aromatic rings. The molecule has 1 aliphatic heterocycles. The van der Waals surface area contributed by atoms with Gasteiger partial charge in [0, 0.05) is 6.42 Å². The van der Waals surface area contributed by atoms with Crippen LogP contribution in [0.1, 0.15) is 31.7 Å².